The van der Waals surface area contributed by atoms with Crippen molar-refractivity contribution in [2.75, 3.05) is 31.5 Å². The van der Waals surface area contributed by atoms with Gasteiger partial charge < -0.3 is 15.2 Å². The van der Waals surface area contributed by atoms with Crippen molar-refractivity contribution in [2.45, 2.75) is 13.8 Å². The van der Waals surface area contributed by atoms with Gasteiger partial charge in [-0.25, -0.2) is 4.98 Å². The largest absolute Gasteiger partial charge is 0.383 e. The van der Waals surface area contributed by atoms with Crippen molar-refractivity contribution in [3.63, 3.8) is 0 Å². The number of imidazole rings is 1. The van der Waals surface area contributed by atoms with Crippen molar-refractivity contribution >= 4 is 43.9 Å². The maximum atomic E-state index is 13.5. The minimum atomic E-state index is 0.0513. The number of fused-ring (bicyclic) bond motifs is 3. The molecule has 142 valence electrons. The van der Waals surface area contributed by atoms with Gasteiger partial charge >= 0.3 is 0 Å². The van der Waals surface area contributed by atoms with Gasteiger partial charge in [-0.3, -0.25) is 9.20 Å². The standard InChI is InChI=1S/C22H23N5O/c1-3-26(4-2)10-9-24-16-5-6-17-21-20(16)22(28)15-12-18-14(7-8-23-18)11-19(15)27(21)13-25-17/h5-8,11-13,23-24H,3-4,9-10H2,1-2H3. The molecular formula is C22H23N5O. The SMILES string of the molecule is CCN(CC)CCNc1ccc2ncn3c4cc5cc[nH]c5cc4c(=O)c1c23. The molecule has 3 aromatic heterocycles. The molecule has 0 aliphatic rings. The van der Waals surface area contributed by atoms with Crippen LogP contribution in [0.2, 0.25) is 0 Å². The van der Waals surface area contributed by atoms with Crippen molar-refractivity contribution in [1.29, 1.82) is 0 Å². The first-order valence-corrected chi connectivity index (χ1v) is 9.83. The first kappa shape index (κ1) is 17.0. The van der Waals surface area contributed by atoms with E-state index in [-0.39, 0.29) is 5.43 Å². The highest BCUT2D eigenvalue weighted by atomic mass is 16.1. The van der Waals surface area contributed by atoms with Crippen molar-refractivity contribution in [1.82, 2.24) is 19.3 Å². The van der Waals surface area contributed by atoms with Gasteiger partial charge in [-0.05, 0) is 43.4 Å². The Morgan fingerprint density at radius 1 is 1.18 bits per heavy atom. The molecule has 2 N–H and O–H groups in total. The molecule has 0 atom stereocenters. The summed E-state index contributed by atoms with van der Waals surface area (Å²) >= 11 is 0. The van der Waals surface area contributed by atoms with Gasteiger partial charge in [0.2, 0.25) is 0 Å². The van der Waals surface area contributed by atoms with Crippen molar-refractivity contribution in [3.05, 3.63) is 53.1 Å². The second-order valence-electron chi connectivity index (χ2n) is 7.19. The molecule has 0 aliphatic heterocycles. The summed E-state index contributed by atoms with van der Waals surface area (Å²) < 4.78 is 2.05. The van der Waals surface area contributed by atoms with Crippen LogP contribution in [0.1, 0.15) is 13.8 Å². The van der Waals surface area contributed by atoms with E-state index >= 15 is 0 Å². The quantitative estimate of drug-likeness (QED) is 0.446. The average molecular weight is 373 g/mol. The number of pyridine rings is 1. The summed E-state index contributed by atoms with van der Waals surface area (Å²) in [5, 5.41) is 6.00. The van der Waals surface area contributed by atoms with Gasteiger partial charge in [0.25, 0.3) is 0 Å². The summed E-state index contributed by atoms with van der Waals surface area (Å²) in [5.41, 5.74) is 4.53. The second kappa shape index (κ2) is 6.49. The molecule has 5 aromatic rings. The third kappa shape index (κ3) is 2.45. The Bertz CT molecular complexity index is 1350. The second-order valence-corrected chi connectivity index (χ2v) is 7.19. The Balaban J connectivity index is 1.71. The van der Waals surface area contributed by atoms with E-state index < -0.39 is 0 Å². The highest BCUT2D eigenvalue weighted by Gasteiger charge is 2.17. The average Bonchev–Trinajstić information content (AvgIpc) is 3.35. The van der Waals surface area contributed by atoms with Crippen LogP contribution in [0, 0.1) is 0 Å². The molecule has 0 saturated carbocycles. The third-order valence-electron chi connectivity index (χ3n) is 5.75. The zero-order valence-corrected chi connectivity index (χ0v) is 16.1. The molecular weight excluding hydrogens is 350 g/mol. The van der Waals surface area contributed by atoms with Gasteiger partial charge in [0.05, 0.1) is 21.9 Å². The third-order valence-corrected chi connectivity index (χ3v) is 5.75. The predicted octanol–water partition coefficient (Wildman–Crippen LogP) is 3.67. The van der Waals surface area contributed by atoms with Crippen molar-refractivity contribution in [3.8, 4) is 0 Å². The zero-order chi connectivity index (χ0) is 19.3. The number of hydrogen-bond acceptors (Lipinski definition) is 4. The lowest BCUT2D eigenvalue weighted by atomic mass is 10.1. The number of rotatable bonds is 6. The molecule has 3 heterocycles. The lowest BCUT2D eigenvalue weighted by Gasteiger charge is -2.19. The van der Waals surface area contributed by atoms with E-state index in [1.165, 1.54) is 0 Å². The maximum absolute atomic E-state index is 13.5. The van der Waals surface area contributed by atoms with Gasteiger partial charge in [0, 0.05) is 41.3 Å². The Kier molecular flexibility index (Phi) is 3.94. The number of aromatic amines is 1. The van der Waals surface area contributed by atoms with E-state index in [1.807, 2.05) is 41.2 Å². The van der Waals surface area contributed by atoms with E-state index in [9.17, 15) is 4.79 Å². The Labute approximate surface area is 162 Å². The van der Waals surface area contributed by atoms with Crippen LogP contribution >= 0.6 is 0 Å². The van der Waals surface area contributed by atoms with Crippen LogP contribution in [0.5, 0.6) is 0 Å². The molecule has 0 radical (unpaired) electrons. The van der Waals surface area contributed by atoms with E-state index in [1.54, 1.807) is 0 Å². The van der Waals surface area contributed by atoms with Crippen LogP contribution in [0.3, 0.4) is 0 Å². The predicted molar refractivity (Wildman–Crippen MR) is 116 cm³/mol. The highest BCUT2D eigenvalue weighted by molar-refractivity contribution is 6.09. The molecule has 0 unspecified atom stereocenters. The number of H-pyrrole nitrogens is 1. The maximum Gasteiger partial charge on any atom is 0.199 e. The van der Waals surface area contributed by atoms with E-state index in [0.717, 1.165) is 59.3 Å². The fourth-order valence-corrected chi connectivity index (χ4v) is 4.16. The van der Waals surface area contributed by atoms with Crippen molar-refractivity contribution in [2.24, 2.45) is 0 Å². The summed E-state index contributed by atoms with van der Waals surface area (Å²) in [6, 6.07) is 10.0. The molecule has 28 heavy (non-hydrogen) atoms. The number of benzene rings is 2. The summed E-state index contributed by atoms with van der Waals surface area (Å²) in [6.45, 7) is 8.12. The minimum Gasteiger partial charge on any atom is -0.383 e. The first-order valence-electron chi connectivity index (χ1n) is 9.83. The Morgan fingerprint density at radius 3 is 2.86 bits per heavy atom. The van der Waals surface area contributed by atoms with Crippen LogP contribution in [-0.4, -0.2) is 45.4 Å². The number of nitrogens with zero attached hydrogens (tertiary/aromatic N) is 3. The number of aromatic nitrogens is 3. The molecule has 0 fully saturated rings. The Morgan fingerprint density at radius 2 is 2.04 bits per heavy atom. The molecule has 0 spiro atoms. The fraction of sp³-hybridized carbons (Fsp3) is 0.273. The normalized spacial score (nSPS) is 12.2. The molecule has 2 aromatic carbocycles. The van der Waals surface area contributed by atoms with Gasteiger partial charge in [-0.15, -0.1) is 0 Å². The van der Waals surface area contributed by atoms with Gasteiger partial charge in [0.15, 0.2) is 5.43 Å². The zero-order valence-electron chi connectivity index (χ0n) is 16.1. The van der Waals surface area contributed by atoms with Gasteiger partial charge in [-0.1, -0.05) is 13.8 Å². The van der Waals surface area contributed by atoms with Gasteiger partial charge in [-0.2, -0.15) is 0 Å². The van der Waals surface area contributed by atoms with Crippen molar-refractivity contribution < 1.29 is 0 Å². The summed E-state index contributed by atoms with van der Waals surface area (Å²) in [6.07, 6.45) is 3.72. The molecule has 0 saturated heterocycles. The topological polar surface area (TPSA) is 65.4 Å². The minimum absolute atomic E-state index is 0.0513. The molecule has 6 nitrogen and oxygen atoms in total. The van der Waals surface area contributed by atoms with Crippen LogP contribution in [0.4, 0.5) is 5.69 Å². The fourth-order valence-electron chi connectivity index (χ4n) is 4.16. The smallest absolute Gasteiger partial charge is 0.199 e. The Hall–Kier alpha value is -3.12. The summed E-state index contributed by atoms with van der Waals surface area (Å²) in [7, 11) is 0. The molecule has 6 heteroatoms. The molecule has 0 aliphatic carbocycles. The first-order chi connectivity index (χ1) is 13.7. The summed E-state index contributed by atoms with van der Waals surface area (Å²) in [5.74, 6) is 0. The highest BCUT2D eigenvalue weighted by Crippen LogP contribution is 2.30. The molecule has 5 rings (SSSR count). The van der Waals surface area contributed by atoms with E-state index in [2.05, 4.69) is 40.1 Å². The van der Waals surface area contributed by atoms with E-state index in [0.29, 0.717) is 10.8 Å². The molecule has 0 amide bonds. The van der Waals surface area contributed by atoms with Crippen LogP contribution in [0.15, 0.2) is 47.7 Å². The van der Waals surface area contributed by atoms with Crippen LogP contribution in [-0.2, 0) is 0 Å². The van der Waals surface area contributed by atoms with E-state index in [4.69, 9.17) is 0 Å². The molecule has 0 bridgehead atoms. The number of nitrogens with one attached hydrogen (secondary N) is 2. The number of likely N-dealkylation sites (N-methyl/N-ethyl adjacent to an activating group) is 1. The van der Waals surface area contributed by atoms with Crippen LogP contribution in [0.25, 0.3) is 38.2 Å². The summed E-state index contributed by atoms with van der Waals surface area (Å²) in [4.78, 5) is 23.6. The lowest BCUT2D eigenvalue weighted by molar-refractivity contribution is 0.316. The number of anilines is 1. The monoisotopic (exact) mass is 373 g/mol. The van der Waals surface area contributed by atoms with Crippen LogP contribution < -0.4 is 10.7 Å². The van der Waals surface area contributed by atoms with Gasteiger partial charge in [0.1, 0.15) is 6.33 Å². The number of hydrogen-bond donors (Lipinski definition) is 2. The lowest BCUT2D eigenvalue weighted by Crippen LogP contribution is -2.28.